The Bertz CT molecular complexity index is 1960. The molecule has 0 bridgehead atoms. The molecule has 6 unspecified atom stereocenters. The van der Waals surface area contributed by atoms with Crippen molar-refractivity contribution < 1.29 is 64.3 Å². The molecule has 0 aromatic heterocycles. The molecule has 0 amide bonds. The van der Waals surface area contributed by atoms with Crippen LogP contribution in [0.25, 0.3) is 0 Å². The number of nitrogens with two attached hydrogens (primary N) is 1. The van der Waals surface area contributed by atoms with Crippen molar-refractivity contribution in [2.24, 2.45) is 98.4 Å². The van der Waals surface area contributed by atoms with Crippen molar-refractivity contribution in [3.63, 3.8) is 0 Å². The van der Waals surface area contributed by atoms with Gasteiger partial charge in [-0.25, -0.2) is 0 Å². The van der Waals surface area contributed by atoms with Crippen molar-refractivity contribution in [1.29, 1.82) is 0 Å². The number of esters is 2. The normalized spacial score (nSPS) is 35.5. The number of rotatable bonds is 24. The van der Waals surface area contributed by atoms with Gasteiger partial charge in [-0.3, -0.25) is 9.59 Å². The van der Waals surface area contributed by atoms with Crippen LogP contribution in [-0.2, 0) is 33.3 Å². The Hall–Kier alpha value is -0.300. The molecule has 9 nitrogen and oxygen atoms in total. The number of carbonyl (C=O) groups is 2. The van der Waals surface area contributed by atoms with Crippen LogP contribution < -0.4 is 40.6 Å². The second kappa shape index (κ2) is 35.9. The SMILES string of the molecule is C1CCOC1.CC(C)CCC[C@@H](C)[C@H]1CCC2C3CC=C4C[C@@H](OCCCN)CC[C@]4(C)C3CC[C@@]21C.CCOC(=O)CBr.CCOC(=O)CNCCCO[C@H]1CC[C@@]2(C)C(=CCC3C2CC[C@@]2(C)C3CC[C@@H]2[C@H](C)CCCC(C)C)C1.[H-].[Na+]. The monoisotopic (exact) mass is 1230 g/mol. The maximum Gasteiger partial charge on any atom is 1.00 e. The van der Waals surface area contributed by atoms with Gasteiger partial charge in [0.1, 0.15) is 5.33 Å². The smallest absolute Gasteiger partial charge is 1.00 e. The standard InChI is InChI=1S/C34H59NO3.C30H53NO.C4H7BrO2.C4H8O.Na.H/c1-7-37-32(36)23-35-20-9-21-38-27-16-18-33(5)26(22-27)12-13-28-30-15-14-29(25(4)11-8-10-24(2)3)34(30,6)19-17-31(28)33;1-21(2)8-6-9-22(3)26-12-13-27-25-11-10-23-20-24(32-19-7-18-31)14-16-29(23,4)28(25)15-17-30(26,27)5;1-2-7-4(6)3-5;1-2-4-5-3-1;;/h12,24-25,27-31,35H,7-11,13-23H2,1-6H3;10,21-22,24-28H,6-9,11-20,31H2,1-5H3;2-3H2,1H3;1-4H2;;/q;;;;+1;-1/t25-,27+,28?,29-,30?,31?,33+,34-;22-,24+,25?,26-,27?,28?,29+,30-;;;;/m11..../s1. The van der Waals surface area contributed by atoms with Gasteiger partial charge in [0.05, 0.1) is 32.0 Å². The van der Waals surface area contributed by atoms with E-state index in [1.807, 2.05) is 6.92 Å². The molecule has 1 aliphatic heterocycles. The second-order valence-electron chi connectivity index (χ2n) is 29.8. The van der Waals surface area contributed by atoms with E-state index in [1.54, 1.807) is 18.1 Å². The van der Waals surface area contributed by atoms with Crippen molar-refractivity contribution in [1.82, 2.24) is 5.32 Å². The summed E-state index contributed by atoms with van der Waals surface area (Å²) < 4.78 is 27.0. The Labute approximate surface area is 542 Å². The predicted octanol–water partition coefficient (Wildman–Crippen LogP) is 14.6. The summed E-state index contributed by atoms with van der Waals surface area (Å²) in [6.45, 7) is 35.3. The van der Waals surface area contributed by atoms with Crippen LogP contribution in [-0.4, -0.2) is 88.8 Å². The number of allylic oxidation sites excluding steroid dienone is 2. The maximum absolute atomic E-state index is 11.4. The summed E-state index contributed by atoms with van der Waals surface area (Å²) in [5, 5.41) is 3.46. The molecular formula is C72H128BrN2NaO7. The van der Waals surface area contributed by atoms with Crippen LogP contribution in [0.2, 0.25) is 0 Å². The van der Waals surface area contributed by atoms with E-state index in [9.17, 15) is 9.59 Å². The molecule has 6 saturated carbocycles. The third-order valence-corrected chi connectivity index (χ3v) is 24.3. The molecule has 83 heavy (non-hydrogen) atoms. The van der Waals surface area contributed by atoms with Gasteiger partial charge in [-0.15, -0.1) is 0 Å². The molecule has 1 saturated heterocycles. The van der Waals surface area contributed by atoms with E-state index < -0.39 is 0 Å². The fraction of sp³-hybridized carbons (Fsp3) is 0.917. The van der Waals surface area contributed by atoms with Gasteiger partial charge < -0.3 is 36.2 Å². The Kier molecular flexibility index (Phi) is 31.8. The number of halogens is 1. The second-order valence-corrected chi connectivity index (χ2v) is 30.3. The molecule has 16 atom stereocenters. The third kappa shape index (κ3) is 19.6. The molecule has 8 aliphatic carbocycles. The maximum atomic E-state index is 11.4. The van der Waals surface area contributed by atoms with E-state index >= 15 is 0 Å². The van der Waals surface area contributed by atoms with Crippen molar-refractivity contribution in [3.8, 4) is 0 Å². The molecular weight excluding hydrogens is 1110 g/mol. The molecule has 0 spiro atoms. The molecule has 0 radical (unpaired) electrons. The summed E-state index contributed by atoms with van der Waals surface area (Å²) in [6.07, 6.45) is 41.1. The van der Waals surface area contributed by atoms with Crippen LogP contribution in [0.1, 0.15) is 251 Å². The summed E-state index contributed by atoms with van der Waals surface area (Å²) in [4.78, 5) is 21.6. The first kappa shape index (κ1) is 73.4. The number of carbonyl (C=O) groups excluding carboxylic acids is 2. The van der Waals surface area contributed by atoms with Crippen molar-refractivity contribution in [2.45, 2.75) is 262 Å². The van der Waals surface area contributed by atoms with Crippen molar-refractivity contribution in [2.75, 3.05) is 64.6 Å². The molecule has 1 heterocycles. The van der Waals surface area contributed by atoms with E-state index in [2.05, 4.69) is 107 Å². The first-order valence-electron chi connectivity index (χ1n) is 34.8. The molecule has 0 aromatic rings. The third-order valence-electron chi connectivity index (χ3n) is 23.9. The number of fused-ring (bicyclic) bond motifs is 10. The van der Waals surface area contributed by atoms with E-state index in [-0.39, 0.29) is 42.9 Å². The van der Waals surface area contributed by atoms with Crippen LogP contribution in [0.3, 0.4) is 0 Å². The molecule has 9 aliphatic rings. The first-order chi connectivity index (χ1) is 39.3. The van der Waals surface area contributed by atoms with Gasteiger partial charge in [0, 0.05) is 26.4 Å². The van der Waals surface area contributed by atoms with E-state index in [0.717, 1.165) is 130 Å². The summed E-state index contributed by atoms with van der Waals surface area (Å²) in [5.74, 6) is 10.6. The fourth-order valence-electron chi connectivity index (χ4n) is 19.5. The fourth-order valence-corrected chi connectivity index (χ4v) is 19.6. The minimum atomic E-state index is -0.206. The number of hydrogen-bond acceptors (Lipinski definition) is 9. The van der Waals surface area contributed by atoms with Crippen molar-refractivity contribution in [3.05, 3.63) is 23.3 Å². The average Bonchev–Trinajstić information content (AvgIpc) is 1.80. The molecule has 3 N–H and O–H groups in total. The predicted molar refractivity (Wildman–Crippen MR) is 345 cm³/mol. The summed E-state index contributed by atoms with van der Waals surface area (Å²) >= 11 is 2.94. The number of hydrogen-bond donors (Lipinski definition) is 2. The van der Waals surface area contributed by atoms with Gasteiger partial charge in [-0.1, -0.05) is 147 Å². The molecule has 0 aromatic carbocycles. The van der Waals surface area contributed by atoms with Gasteiger partial charge in [0.15, 0.2) is 0 Å². The number of ether oxygens (including phenoxy) is 5. The molecule has 9 rings (SSSR count). The molecule has 11 heteroatoms. The quantitative estimate of drug-likeness (QED) is 0.0320. The number of nitrogens with one attached hydrogen (secondary N) is 1. The summed E-state index contributed by atoms with van der Waals surface area (Å²) in [6, 6.07) is 0. The Balaban J connectivity index is 0.000000297. The van der Waals surface area contributed by atoms with Crippen LogP contribution in [0.4, 0.5) is 0 Å². The van der Waals surface area contributed by atoms with Crippen LogP contribution in [0.15, 0.2) is 23.3 Å². The number of alkyl halides is 1. The van der Waals surface area contributed by atoms with Gasteiger partial charge >= 0.3 is 41.5 Å². The van der Waals surface area contributed by atoms with Crippen LogP contribution >= 0.6 is 15.9 Å². The Morgan fingerprint density at radius 2 is 1.08 bits per heavy atom. The Morgan fingerprint density at radius 3 is 1.48 bits per heavy atom. The van der Waals surface area contributed by atoms with E-state index in [4.69, 9.17) is 24.7 Å². The molecule has 476 valence electrons. The van der Waals surface area contributed by atoms with Crippen LogP contribution in [0.5, 0.6) is 0 Å². The van der Waals surface area contributed by atoms with Gasteiger partial charge in [-0.2, -0.15) is 0 Å². The zero-order valence-electron chi connectivity index (χ0n) is 57.0. The first-order valence-corrected chi connectivity index (χ1v) is 35.9. The van der Waals surface area contributed by atoms with E-state index in [0.29, 0.717) is 59.0 Å². The van der Waals surface area contributed by atoms with Gasteiger partial charge in [-0.05, 0) is 248 Å². The van der Waals surface area contributed by atoms with Gasteiger partial charge in [0.25, 0.3) is 0 Å². The minimum Gasteiger partial charge on any atom is -1.00 e. The molecule has 7 fully saturated rings. The summed E-state index contributed by atoms with van der Waals surface area (Å²) in [5.41, 5.74) is 11.2. The minimum absolute atomic E-state index is 0. The van der Waals surface area contributed by atoms with Crippen LogP contribution in [0, 0.1) is 92.7 Å². The summed E-state index contributed by atoms with van der Waals surface area (Å²) in [7, 11) is 0. The zero-order chi connectivity index (χ0) is 59.5. The largest absolute Gasteiger partial charge is 1.00 e. The Morgan fingerprint density at radius 1 is 0.627 bits per heavy atom. The topological polar surface area (TPSA) is 118 Å². The van der Waals surface area contributed by atoms with E-state index in [1.165, 1.54) is 148 Å². The van der Waals surface area contributed by atoms with Crippen molar-refractivity contribution >= 4 is 27.9 Å². The van der Waals surface area contributed by atoms with Gasteiger partial charge in [0.2, 0.25) is 0 Å². The zero-order valence-corrected chi connectivity index (χ0v) is 59.6. The average molecular weight is 1240 g/mol.